The fraction of sp³-hybridized carbons (Fsp3) is 0.200. The number of ketones is 1. The predicted octanol–water partition coefficient (Wildman–Crippen LogP) is 2.45. The maximum absolute atomic E-state index is 10.9. The van der Waals surface area contributed by atoms with Gasteiger partial charge in [0.15, 0.2) is 0 Å². The number of nitriles is 1. The maximum Gasteiger partial charge on any atom is 0.134 e. The maximum atomic E-state index is 10.9. The number of Topliss-reactive ketones (excluding diaryl/α,β-unsaturated/α-hetero) is 1. The van der Waals surface area contributed by atoms with Crippen LogP contribution in [0.25, 0.3) is 0 Å². The molecule has 0 saturated carbocycles. The van der Waals surface area contributed by atoms with Crippen LogP contribution in [0.1, 0.15) is 18.1 Å². The molecule has 0 atom stereocenters. The van der Waals surface area contributed by atoms with Gasteiger partial charge in [-0.15, -0.1) is 0 Å². The number of nitrogens with zero attached hydrogens (tertiary/aromatic N) is 1. The van der Waals surface area contributed by atoms with E-state index in [9.17, 15) is 4.79 Å². The Labute approximate surface area is 85.3 Å². The van der Waals surface area contributed by atoms with E-state index in [1.54, 1.807) is 12.1 Å². The first kappa shape index (κ1) is 9.94. The summed E-state index contributed by atoms with van der Waals surface area (Å²) in [7, 11) is 0. The van der Waals surface area contributed by atoms with Gasteiger partial charge in [-0.2, -0.15) is 5.26 Å². The van der Waals surface area contributed by atoms with Crippen molar-refractivity contribution in [2.75, 3.05) is 0 Å². The molecule has 0 bridgehead atoms. The van der Waals surface area contributed by atoms with Crippen LogP contribution in [0.4, 0.5) is 0 Å². The van der Waals surface area contributed by atoms with Crippen molar-refractivity contribution in [3.8, 4) is 6.07 Å². The van der Waals surface area contributed by atoms with Gasteiger partial charge in [0, 0.05) is 10.9 Å². The van der Waals surface area contributed by atoms with Gasteiger partial charge in [-0.3, -0.25) is 4.79 Å². The molecule has 0 aliphatic carbocycles. The molecule has 0 spiro atoms. The molecule has 0 aliphatic heterocycles. The largest absolute Gasteiger partial charge is 0.300 e. The number of carbonyl (C=O) groups is 1. The third-order valence-corrected chi connectivity index (χ3v) is 2.31. The molecule has 0 N–H and O–H groups in total. The minimum atomic E-state index is 0.0644. The minimum absolute atomic E-state index is 0.0644. The first-order chi connectivity index (χ1) is 6.15. The highest BCUT2D eigenvalue weighted by molar-refractivity contribution is 9.10. The highest BCUT2D eigenvalue weighted by atomic mass is 79.9. The smallest absolute Gasteiger partial charge is 0.134 e. The molecule has 0 aliphatic rings. The van der Waals surface area contributed by atoms with E-state index in [4.69, 9.17) is 5.26 Å². The van der Waals surface area contributed by atoms with E-state index in [1.165, 1.54) is 6.92 Å². The third-order valence-electron chi connectivity index (χ3n) is 1.65. The quantitative estimate of drug-likeness (QED) is 0.793. The molecule has 1 aromatic carbocycles. The lowest BCUT2D eigenvalue weighted by Crippen LogP contribution is -1.99. The van der Waals surface area contributed by atoms with Crippen LogP contribution in [0.3, 0.4) is 0 Å². The van der Waals surface area contributed by atoms with Gasteiger partial charge in [-0.05, 0) is 34.5 Å². The van der Waals surface area contributed by atoms with E-state index in [0.29, 0.717) is 12.0 Å². The van der Waals surface area contributed by atoms with Gasteiger partial charge >= 0.3 is 0 Å². The predicted molar refractivity (Wildman–Crippen MR) is 53.2 cm³/mol. The van der Waals surface area contributed by atoms with Gasteiger partial charge < -0.3 is 0 Å². The van der Waals surface area contributed by atoms with Crippen LogP contribution in [0.5, 0.6) is 0 Å². The Balaban J connectivity index is 3.14. The standard InChI is InChI=1S/C10H8BrNO/c1-7(13)5-8-3-2-4-10(11)9(8)6-12/h2-4H,5H2,1H3. The van der Waals surface area contributed by atoms with Crippen molar-refractivity contribution in [1.29, 1.82) is 5.26 Å². The van der Waals surface area contributed by atoms with Crippen LogP contribution in [0, 0.1) is 11.3 Å². The lowest BCUT2D eigenvalue weighted by molar-refractivity contribution is -0.116. The Hall–Kier alpha value is -1.14. The molecule has 0 unspecified atom stereocenters. The van der Waals surface area contributed by atoms with Gasteiger partial charge in [0.2, 0.25) is 0 Å². The second-order valence-corrected chi connectivity index (χ2v) is 3.62. The molecule has 0 aromatic heterocycles. The molecule has 1 aromatic rings. The number of halogens is 1. The van der Waals surface area contributed by atoms with E-state index >= 15 is 0 Å². The van der Waals surface area contributed by atoms with E-state index in [0.717, 1.165) is 10.0 Å². The van der Waals surface area contributed by atoms with Crippen molar-refractivity contribution in [3.05, 3.63) is 33.8 Å². The zero-order valence-corrected chi connectivity index (χ0v) is 8.76. The van der Waals surface area contributed by atoms with E-state index in [-0.39, 0.29) is 5.78 Å². The van der Waals surface area contributed by atoms with Crippen LogP contribution in [0.15, 0.2) is 22.7 Å². The molecular weight excluding hydrogens is 230 g/mol. The summed E-state index contributed by atoms with van der Waals surface area (Å²) in [5.41, 5.74) is 1.34. The summed E-state index contributed by atoms with van der Waals surface area (Å²) in [4.78, 5) is 10.9. The zero-order valence-electron chi connectivity index (χ0n) is 7.17. The number of benzene rings is 1. The van der Waals surface area contributed by atoms with Crippen molar-refractivity contribution in [1.82, 2.24) is 0 Å². The molecule has 66 valence electrons. The highest BCUT2D eigenvalue weighted by Gasteiger charge is 2.06. The Morgan fingerprint density at radius 2 is 2.31 bits per heavy atom. The van der Waals surface area contributed by atoms with Crippen LogP contribution < -0.4 is 0 Å². The SMILES string of the molecule is CC(=O)Cc1cccc(Br)c1C#N. The molecule has 0 saturated heterocycles. The zero-order chi connectivity index (χ0) is 9.84. The van der Waals surface area contributed by atoms with Crippen LogP contribution in [0.2, 0.25) is 0 Å². The van der Waals surface area contributed by atoms with Crippen molar-refractivity contribution >= 4 is 21.7 Å². The molecular formula is C10H8BrNO. The Morgan fingerprint density at radius 3 is 2.85 bits per heavy atom. The average Bonchev–Trinajstić information content (AvgIpc) is 2.03. The van der Waals surface area contributed by atoms with Crippen molar-refractivity contribution in [3.63, 3.8) is 0 Å². The second kappa shape index (κ2) is 4.20. The summed E-state index contributed by atoms with van der Waals surface area (Å²) in [5.74, 6) is 0.0644. The van der Waals surface area contributed by atoms with E-state index in [2.05, 4.69) is 22.0 Å². The number of carbonyl (C=O) groups excluding carboxylic acids is 1. The molecule has 13 heavy (non-hydrogen) atoms. The lowest BCUT2D eigenvalue weighted by atomic mass is 10.0. The van der Waals surface area contributed by atoms with Crippen LogP contribution in [-0.2, 0) is 11.2 Å². The third kappa shape index (κ3) is 2.40. The van der Waals surface area contributed by atoms with Crippen molar-refractivity contribution in [2.45, 2.75) is 13.3 Å². The number of rotatable bonds is 2. The van der Waals surface area contributed by atoms with Gasteiger partial charge in [0.25, 0.3) is 0 Å². The van der Waals surface area contributed by atoms with E-state index in [1.807, 2.05) is 6.07 Å². The molecule has 3 heteroatoms. The summed E-state index contributed by atoms with van der Waals surface area (Å²) >= 11 is 3.26. The second-order valence-electron chi connectivity index (χ2n) is 2.76. The molecule has 1 rings (SSSR count). The van der Waals surface area contributed by atoms with Crippen molar-refractivity contribution in [2.24, 2.45) is 0 Å². The lowest BCUT2D eigenvalue weighted by Gasteiger charge is -2.02. The fourth-order valence-electron chi connectivity index (χ4n) is 1.11. The van der Waals surface area contributed by atoms with Gasteiger partial charge in [0.1, 0.15) is 11.9 Å². The summed E-state index contributed by atoms with van der Waals surface area (Å²) in [6.07, 6.45) is 0.322. The Morgan fingerprint density at radius 1 is 1.62 bits per heavy atom. The van der Waals surface area contributed by atoms with Crippen LogP contribution in [-0.4, -0.2) is 5.78 Å². The Kier molecular flexibility index (Phi) is 3.21. The summed E-state index contributed by atoms with van der Waals surface area (Å²) in [6, 6.07) is 7.48. The molecule has 0 fully saturated rings. The van der Waals surface area contributed by atoms with Gasteiger partial charge in [0.05, 0.1) is 5.56 Å². The molecule has 2 nitrogen and oxygen atoms in total. The first-order valence-corrected chi connectivity index (χ1v) is 4.61. The summed E-state index contributed by atoms with van der Waals surface area (Å²) in [6.45, 7) is 1.52. The topological polar surface area (TPSA) is 40.9 Å². The summed E-state index contributed by atoms with van der Waals surface area (Å²) in [5, 5.41) is 8.82. The monoisotopic (exact) mass is 237 g/mol. The molecule has 0 heterocycles. The molecule has 0 radical (unpaired) electrons. The van der Waals surface area contributed by atoms with Crippen molar-refractivity contribution < 1.29 is 4.79 Å². The highest BCUT2D eigenvalue weighted by Crippen LogP contribution is 2.20. The first-order valence-electron chi connectivity index (χ1n) is 3.82. The Bertz CT molecular complexity index is 379. The fourth-order valence-corrected chi connectivity index (χ4v) is 1.61. The minimum Gasteiger partial charge on any atom is -0.300 e. The average molecular weight is 238 g/mol. The van der Waals surface area contributed by atoms with Gasteiger partial charge in [-0.25, -0.2) is 0 Å². The van der Waals surface area contributed by atoms with Gasteiger partial charge in [-0.1, -0.05) is 12.1 Å². The number of hydrogen-bond acceptors (Lipinski definition) is 2. The van der Waals surface area contributed by atoms with Crippen LogP contribution >= 0.6 is 15.9 Å². The normalized spacial score (nSPS) is 9.31. The molecule has 0 amide bonds. The van der Waals surface area contributed by atoms with E-state index < -0.39 is 0 Å². The number of hydrogen-bond donors (Lipinski definition) is 0. The summed E-state index contributed by atoms with van der Waals surface area (Å²) < 4.78 is 0.744.